The van der Waals surface area contributed by atoms with Crippen molar-refractivity contribution < 1.29 is 32.2 Å². The summed E-state index contributed by atoms with van der Waals surface area (Å²) in [5.41, 5.74) is 6.06. The molecular formula is C28H30F3N5O4. The van der Waals surface area contributed by atoms with E-state index in [2.05, 4.69) is 15.7 Å². The molecular weight excluding hydrogens is 527 g/mol. The summed E-state index contributed by atoms with van der Waals surface area (Å²) in [6, 6.07) is 14.2. The first-order valence-electron chi connectivity index (χ1n) is 13.1. The van der Waals surface area contributed by atoms with Crippen molar-refractivity contribution >= 4 is 17.8 Å². The lowest BCUT2D eigenvalue weighted by Gasteiger charge is -2.25. The van der Waals surface area contributed by atoms with E-state index < -0.39 is 30.5 Å². The number of aromatic nitrogens is 2. The number of fused-ring (bicyclic) bond motifs is 2. The number of carbonyl (C=O) groups excluding carboxylic acids is 2. The van der Waals surface area contributed by atoms with Gasteiger partial charge < -0.3 is 25.1 Å². The molecule has 2 aliphatic heterocycles. The second-order valence-corrected chi connectivity index (χ2v) is 9.85. The Bertz CT molecular complexity index is 1320. The van der Waals surface area contributed by atoms with Gasteiger partial charge in [0.2, 0.25) is 11.9 Å². The number of anilines is 1. The van der Waals surface area contributed by atoms with Crippen LogP contribution in [0.2, 0.25) is 0 Å². The molecule has 0 saturated carbocycles. The Morgan fingerprint density at radius 2 is 1.93 bits per heavy atom. The number of carbonyl (C=O) groups is 2. The van der Waals surface area contributed by atoms with Crippen molar-refractivity contribution in [2.45, 2.75) is 38.6 Å². The SMILES string of the molecule is O=C(CC1Cc2ccc(OCCc3cn4c(n3)NCCN4)cc2CN(CC(F)(F)F)C1=O)OCc1ccccc1. The smallest absolute Gasteiger partial charge is 0.406 e. The van der Waals surface area contributed by atoms with Gasteiger partial charge in [0.15, 0.2) is 0 Å². The van der Waals surface area contributed by atoms with Crippen molar-refractivity contribution in [2.24, 2.45) is 5.92 Å². The number of benzene rings is 2. The van der Waals surface area contributed by atoms with Crippen LogP contribution in [0.4, 0.5) is 19.1 Å². The quantitative estimate of drug-likeness (QED) is 0.388. The second kappa shape index (κ2) is 11.9. The van der Waals surface area contributed by atoms with Crippen molar-refractivity contribution in [2.75, 3.05) is 37.0 Å². The number of ether oxygens (including phenoxy) is 2. The van der Waals surface area contributed by atoms with E-state index in [1.807, 2.05) is 16.9 Å². The number of hydrogen-bond acceptors (Lipinski definition) is 7. The highest BCUT2D eigenvalue weighted by Gasteiger charge is 2.38. The molecule has 12 heteroatoms. The highest BCUT2D eigenvalue weighted by atomic mass is 19.4. The van der Waals surface area contributed by atoms with Crippen LogP contribution in [0.15, 0.2) is 54.7 Å². The summed E-state index contributed by atoms with van der Waals surface area (Å²) in [4.78, 5) is 31.0. The molecule has 1 amide bonds. The van der Waals surface area contributed by atoms with Gasteiger partial charge in [0.05, 0.1) is 30.8 Å². The third-order valence-electron chi connectivity index (χ3n) is 6.77. The summed E-state index contributed by atoms with van der Waals surface area (Å²) < 4.78 is 53.2. The second-order valence-electron chi connectivity index (χ2n) is 9.85. The molecule has 0 fully saturated rings. The van der Waals surface area contributed by atoms with Crippen LogP contribution < -0.4 is 15.5 Å². The van der Waals surface area contributed by atoms with Crippen LogP contribution in [-0.4, -0.2) is 58.9 Å². The molecule has 5 rings (SSSR count). The number of alkyl halides is 3. The van der Waals surface area contributed by atoms with Crippen molar-refractivity contribution in [3.05, 3.63) is 77.1 Å². The molecule has 0 spiro atoms. The zero-order valence-electron chi connectivity index (χ0n) is 21.7. The Morgan fingerprint density at radius 1 is 1.10 bits per heavy atom. The van der Waals surface area contributed by atoms with E-state index in [0.29, 0.717) is 29.9 Å². The third-order valence-corrected chi connectivity index (χ3v) is 6.77. The van der Waals surface area contributed by atoms with Gasteiger partial charge in [-0.25, -0.2) is 9.66 Å². The summed E-state index contributed by atoms with van der Waals surface area (Å²) >= 11 is 0. The molecule has 9 nitrogen and oxygen atoms in total. The first-order chi connectivity index (χ1) is 19.2. The van der Waals surface area contributed by atoms with Gasteiger partial charge in [-0.2, -0.15) is 13.2 Å². The molecule has 1 unspecified atom stereocenters. The number of nitrogens with one attached hydrogen (secondary N) is 2. The van der Waals surface area contributed by atoms with Crippen LogP contribution in [0.25, 0.3) is 0 Å². The number of imidazole rings is 1. The van der Waals surface area contributed by atoms with E-state index >= 15 is 0 Å². The molecule has 40 heavy (non-hydrogen) atoms. The minimum absolute atomic E-state index is 0.0265. The number of esters is 1. The standard InChI is InChI=1S/C28H30F3N5O4/c29-28(30,31)18-35-15-22-13-24(39-11-8-23-16-36-27(34-23)32-9-10-33-36)7-6-20(22)12-21(26(35)38)14-25(37)40-17-19-4-2-1-3-5-19/h1-7,13,16,21,33H,8-12,14-15,17-18H2,(H,32,34). The highest BCUT2D eigenvalue weighted by Crippen LogP contribution is 2.30. The van der Waals surface area contributed by atoms with Crippen molar-refractivity contribution in [3.8, 4) is 5.75 Å². The molecule has 1 aromatic heterocycles. The average Bonchev–Trinajstić information content (AvgIpc) is 3.29. The van der Waals surface area contributed by atoms with Gasteiger partial charge in [0.25, 0.3) is 0 Å². The van der Waals surface area contributed by atoms with Crippen LogP contribution in [0.5, 0.6) is 5.75 Å². The fourth-order valence-electron chi connectivity index (χ4n) is 4.86. The van der Waals surface area contributed by atoms with Gasteiger partial charge in [-0.3, -0.25) is 9.59 Å². The van der Waals surface area contributed by atoms with E-state index in [4.69, 9.17) is 9.47 Å². The number of nitrogens with zero attached hydrogens (tertiary/aromatic N) is 3. The number of rotatable bonds is 9. The van der Waals surface area contributed by atoms with Crippen LogP contribution in [0.1, 0.15) is 28.8 Å². The maximum Gasteiger partial charge on any atom is 0.406 e. The zero-order chi connectivity index (χ0) is 28.1. The van der Waals surface area contributed by atoms with E-state index in [9.17, 15) is 22.8 Å². The maximum absolute atomic E-state index is 13.4. The lowest BCUT2D eigenvalue weighted by atomic mass is 9.94. The van der Waals surface area contributed by atoms with Gasteiger partial charge in [-0.05, 0) is 35.2 Å². The summed E-state index contributed by atoms with van der Waals surface area (Å²) in [5, 5.41) is 3.19. The van der Waals surface area contributed by atoms with Crippen molar-refractivity contribution in [1.82, 2.24) is 14.6 Å². The molecule has 3 heterocycles. The van der Waals surface area contributed by atoms with Gasteiger partial charge in [-0.1, -0.05) is 36.4 Å². The molecule has 2 aromatic carbocycles. The van der Waals surface area contributed by atoms with Crippen LogP contribution in [0, 0.1) is 5.92 Å². The lowest BCUT2D eigenvalue weighted by molar-refractivity contribution is -0.166. The Balaban J connectivity index is 1.25. The number of halogens is 3. The Labute approximate surface area is 229 Å². The Morgan fingerprint density at radius 3 is 2.70 bits per heavy atom. The Kier molecular flexibility index (Phi) is 8.13. The highest BCUT2D eigenvalue weighted by molar-refractivity contribution is 5.84. The van der Waals surface area contributed by atoms with Crippen LogP contribution >= 0.6 is 0 Å². The molecule has 0 bridgehead atoms. The fourth-order valence-corrected chi connectivity index (χ4v) is 4.86. The van der Waals surface area contributed by atoms with Gasteiger partial charge >= 0.3 is 12.1 Å². The van der Waals surface area contributed by atoms with Crippen molar-refractivity contribution in [3.63, 3.8) is 0 Å². The topological polar surface area (TPSA) is 97.7 Å². The number of amides is 1. The third kappa shape index (κ3) is 7.04. The monoisotopic (exact) mass is 557 g/mol. The van der Waals surface area contributed by atoms with E-state index in [-0.39, 0.29) is 26.0 Å². The summed E-state index contributed by atoms with van der Waals surface area (Å²) in [6.45, 7) is 0.281. The van der Waals surface area contributed by atoms with Gasteiger partial charge in [0.1, 0.15) is 18.9 Å². The predicted molar refractivity (Wildman–Crippen MR) is 140 cm³/mol. The van der Waals surface area contributed by atoms with E-state index in [1.54, 1.807) is 42.5 Å². The summed E-state index contributed by atoms with van der Waals surface area (Å²) in [6.07, 6.45) is -2.35. The first kappa shape index (κ1) is 27.4. The van der Waals surface area contributed by atoms with E-state index in [0.717, 1.165) is 35.2 Å². The minimum Gasteiger partial charge on any atom is -0.493 e. The van der Waals surface area contributed by atoms with Crippen molar-refractivity contribution in [1.29, 1.82) is 0 Å². The van der Waals surface area contributed by atoms with Crippen LogP contribution in [-0.2, 0) is 40.3 Å². The van der Waals surface area contributed by atoms with Crippen LogP contribution in [0.3, 0.4) is 0 Å². The molecule has 0 aliphatic carbocycles. The normalized spacial score (nSPS) is 16.7. The predicted octanol–water partition coefficient (Wildman–Crippen LogP) is 3.67. The summed E-state index contributed by atoms with van der Waals surface area (Å²) in [5.74, 6) is -1.10. The molecule has 3 aromatic rings. The molecule has 2 aliphatic rings. The van der Waals surface area contributed by atoms with E-state index in [1.165, 1.54) is 0 Å². The zero-order valence-corrected chi connectivity index (χ0v) is 21.7. The lowest BCUT2D eigenvalue weighted by Crippen LogP contribution is -2.41. The average molecular weight is 558 g/mol. The molecule has 212 valence electrons. The minimum atomic E-state index is -4.58. The number of hydrogen-bond donors (Lipinski definition) is 2. The summed E-state index contributed by atoms with van der Waals surface area (Å²) in [7, 11) is 0. The maximum atomic E-state index is 13.4. The molecule has 0 radical (unpaired) electrons. The van der Waals surface area contributed by atoms with Gasteiger partial charge in [-0.15, -0.1) is 0 Å². The largest absolute Gasteiger partial charge is 0.493 e. The molecule has 2 N–H and O–H groups in total. The molecule has 1 atom stereocenters. The fraction of sp³-hybridized carbons (Fsp3) is 0.393. The molecule has 0 saturated heterocycles. The first-order valence-corrected chi connectivity index (χ1v) is 13.1. The Hall–Kier alpha value is -4.22. The van der Waals surface area contributed by atoms with Gasteiger partial charge in [0, 0.05) is 26.1 Å².